The van der Waals surface area contributed by atoms with Crippen LogP contribution < -0.4 is 16.0 Å². The zero-order chi connectivity index (χ0) is 12.8. The fourth-order valence-corrected chi connectivity index (χ4v) is 1.48. The first-order chi connectivity index (χ1) is 8.08. The van der Waals surface area contributed by atoms with Gasteiger partial charge in [0.05, 0.1) is 12.4 Å². The van der Waals surface area contributed by atoms with E-state index >= 15 is 0 Å². The first-order valence-electron chi connectivity index (χ1n) is 5.78. The highest BCUT2D eigenvalue weighted by molar-refractivity contribution is 5.80. The van der Waals surface area contributed by atoms with Crippen LogP contribution in [-0.2, 0) is 11.3 Å². The van der Waals surface area contributed by atoms with Crippen molar-refractivity contribution in [1.29, 1.82) is 0 Å². The molecule has 0 aliphatic carbocycles. The highest BCUT2D eigenvalue weighted by Crippen LogP contribution is 2.15. The van der Waals surface area contributed by atoms with Crippen molar-refractivity contribution in [2.75, 3.05) is 0 Å². The topological polar surface area (TPSA) is 82.2 Å². The normalized spacial score (nSPS) is 12.5. The Kier molecular flexibility index (Phi) is 4.96. The van der Waals surface area contributed by atoms with E-state index in [0.717, 1.165) is 13.0 Å². The van der Waals surface area contributed by atoms with Crippen molar-refractivity contribution in [2.45, 2.75) is 39.8 Å². The maximum Gasteiger partial charge on any atom is 0.275 e. The fourth-order valence-electron chi connectivity index (χ4n) is 1.48. The number of amides is 1. The maximum atomic E-state index is 11.5. The third kappa shape index (κ3) is 3.74. The zero-order valence-corrected chi connectivity index (χ0v) is 10.5. The number of hydrogen-bond acceptors (Lipinski definition) is 4. The second-order valence-electron chi connectivity index (χ2n) is 4.23. The van der Waals surface area contributed by atoms with Crippen LogP contribution in [-0.4, -0.2) is 21.8 Å². The van der Waals surface area contributed by atoms with Gasteiger partial charge in [0.1, 0.15) is 0 Å². The van der Waals surface area contributed by atoms with Crippen LogP contribution in [0.15, 0.2) is 12.4 Å². The van der Waals surface area contributed by atoms with Gasteiger partial charge >= 0.3 is 0 Å². The van der Waals surface area contributed by atoms with Crippen LogP contribution in [0.2, 0.25) is 0 Å². The molecule has 1 unspecified atom stereocenters. The first kappa shape index (κ1) is 13.5. The van der Waals surface area contributed by atoms with Crippen molar-refractivity contribution >= 4 is 5.91 Å². The monoisotopic (exact) mass is 240 g/mol. The van der Waals surface area contributed by atoms with Gasteiger partial charge in [0.15, 0.2) is 11.9 Å². The lowest BCUT2D eigenvalue weighted by molar-refractivity contribution is -0.129. The Labute approximate surface area is 101 Å². The molecule has 1 aromatic rings. The molecule has 1 rings (SSSR count). The predicted octanol–water partition coefficient (Wildman–Crippen LogP) is 0.686. The lowest BCUT2D eigenvalue weighted by Gasteiger charge is -2.19. The standard InChI is InChI=1S/C11H20N4O2/c1-4-5-15-7-9(6-13-15)17-10(8(2)3)11(16)14-12/h6-8,10H,4-5,12H2,1-3H3,(H,14,16). The van der Waals surface area contributed by atoms with E-state index in [1.54, 1.807) is 17.1 Å². The Hall–Kier alpha value is -1.56. The van der Waals surface area contributed by atoms with Gasteiger partial charge in [-0.05, 0) is 12.3 Å². The molecular weight excluding hydrogens is 220 g/mol. The van der Waals surface area contributed by atoms with Crippen LogP contribution >= 0.6 is 0 Å². The van der Waals surface area contributed by atoms with Crippen LogP contribution in [0.5, 0.6) is 5.75 Å². The average Bonchev–Trinajstić information content (AvgIpc) is 2.73. The molecule has 0 bridgehead atoms. The lowest BCUT2D eigenvalue weighted by atomic mass is 10.1. The molecule has 0 aromatic carbocycles. The molecule has 0 spiro atoms. The van der Waals surface area contributed by atoms with Gasteiger partial charge in [-0.2, -0.15) is 5.10 Å². The smallest absolute Gasteiger partial charge is 0.275 e. The molecule has 1 atom stereocenters. The number of nitrogens with two attached hydrogens (primary N) is 1. The minimum Gasteiger partial charge on any atom is -0.477 e. The summed E-state index contributed by atoms with van der Waals surface area (Å²) in [6.07, 6.45) is 3.79. The van der Waals surface area contributed by atoms with Gasteiger partial charge in [-0.3, -0.25) is 14.9 Å². The van der Waals surface area contributed by atoms with Gasteiger partial charge in [0.25, 0.3) is 5.91 Å². The van der Waals surface area contributed by atoms with Crippen molar-refractivity contribution in [1.82, 2.24) is 15.2 Å². The van der Waals surface area contributed by atoms with Crippen LogP contribution in [0.1, 0.15) is 27.2 Å². The molecule has 1 amide bonds. The maximum absolute atomic E-state index is 11.5. The molecular formula is C11H20N4O2. The third-order valence-electron chi connectivity index (χ3n) is 2.33. The number of carbonyl (C=O) groups excluding carboxylic acids is 1. The minimum absolute atomic E-state index is 0.0353. The molecule has 0 saturated heterocycles. The van der Waals surface area contributed by atoms with Crippen molar-refractivity contribution in [2.24, 2.45) is 11.8 Å². The number of aryl methyl sites for hydroxylation is 1. The van der Waals surface area contributed by atoms with Gasteiger partial charge in [-0.15, -0.1) is 0 Å². The Balaban J connectivity index is 2.68. The van der Waals surface area contributed by atoms with Gasteiger partial charge in [-0.25, -0.2) is 5.84 Å². The first-order valence-corrected chi connectivity index (χ1v) is 5.78. The summed E-state index contributed by atoms with van der Waals surface area (Å²) >= 11 is 0. The number of hydrogen-bond donors (Lipinski definition) is 2. The largest absolute Gasteiger partial charge is 0.477 e. The summed E-state index contributed by atoms with van der Waals surface area (Å²) in [6.45, 7) is 6.70. The minimum atomic E-state index is -0.598. The van der Waals surface area contributed by atoms with E-state index in [4.69, 9.17) is 10.6 Å². The van der Waals surface area contributed by atoms with Crippen LogP contribution in [0.3, 0.4) is 0 Å². The van der Waals surface area contributed by atoms with Crippen LogP contribution in [0, 0.1) is 5.92 Å². The lowest BCUT2D eigenvalue weighted by Crippen LogP contribution is -2.44. The highest BCUT2D eigenvalue weighted by atomic mass is 16.5. The number of aromatic nitrogens is 2. The molecule has 0 aliphatic heterocycles. The molecule has 1 aromatic heterocycles. The van der Waals surface area contributed by atoms with E-state index in [2.05, 4.69) is 17.4 Å². The molecule has 0 radical (unpaired) electrons. The Morgan fingerprint density at radius 3 is 2.88 bits per heavy atom. The molecule has 17 heavy (non-hydrogen) atoms. The molecule has 1 heterocycles. The van der Waals surface area contributed by atoms with E-state index in [-0.39, 0.29) is 11.8 Å². The summed E-state index contributed by atoms with van der Waals surface area (Å²) in [6, 6.07) is 0. The number of nitrogens with one attached hydrogen (secondary N) is 1. The number of hydrazine groups is 1. The van der Waals surface area contributed by atoms with E-state index in [1.807, 2.05) is 13.8 Å². The zero-order valence-electron chi connectivity index (χ0n) is 10.5. The van der Waals surface area contributed by atoms with E-state index in [1.165, 1.54) is 0 Å². The summed E-state index contributed by atoms with van der Waals surface area (Å²) in [4.78, 5) is 11.5. The summed E-state index contributed by atoms with van der Waals surface area (Å²) in [5.41, 5.74) is 2.11. The second-order valence-corrected chi connectivity index (χ2v) is 4.23. The average molecular weight is 240 g/mol. The third-order valence-corrected chi connectivity index (χ3v) is 2.33. The molecule has 0 fully saturated rings. The summed E-state index contributed by atoms with van der Waals surface area (Å²) < 4.78 is 7.36. The quantitative estimate of drug-likeness (QED) is 0.435. The SMILES string of the molecule is CCCn1cc(OC(C(=O)NN)C(C)C)cn1. The Morgan fingerprint density at radius 1 is 1.65 bits per heavy atom. The summed E-state index contributed by atoms with van der Waals surface area (Å²) in [7, 11) is 0. The van der Waals surface area contributed by atoms with E-state index in [0.29, 0.717) is 5.75 Å². The predicted molar refractivity (Wildman–Crippen MR) is 64.1 cm³/mol. The fraction of sp³-hybridized carbons (Fsp3) is 0.636. The highest BCUT2D eigenvalue weighted by Gasteiger charge is 2.23. The van der Waals surface area contributed by atoms with Gasteiger partial charge in [-0.1, -0.05) is 20.8 Å². The number of ether oxygens (including phenoxy) is 1. The molecule has 6 heteroatoms. The van der Waals surface area contributed by atoms with Crippen molar-refractivity contribution in [3.05, 3.63) is 12.4 Å². The number of rotatable bonds is 6. The number of nitrogens with zero attached hydrogens (tertiary/aromatic N) is 2. The Morgan fingerprint density at radius 2 is 2.35 bits per heavy atom. The van der Waals surface area contributed by atoms with Gasteiger partial charge in [0, 0.05) is 6.54 Å². The molecule has 96 valence electrons. The number of carbonyl (C=O) groups is 1. The molecule has 0 aliphatic rings. The summed E-state index contributed by atoms with van der Waals surface area (Å²) in [5.74, 6) is 5.41. The van der Waals surface area contributed by atoms with Crippen molar-refractivity contribution in [3.8, 4) is 5.75 Å². The van der Waals surface area contributed by atoms with Gasteiger partial charge in [0.2, 0.25) is 0 Å². The molecule has 3 N–H and O–H groups in total. The molecule has 0 saturated carbocycles. The van der Waals surface area contributed by atoms with Crippen molar-refractivity contribution in [3.63, 3.8) is 0 Å². The Bertz CT molecular complexity index is 362. The van der Waals surface area contributed by atoms with E-state index in [9.17, 15) is 4.79 Å². The second kappa shape index (κ2) is 6.24. The van der Waals surface area contributed by atoms with Crippen LogP contribution in [0.4, 0.5) is 0 Å². The molecule has 6 nitrogen and oxygen atoms in total. The van der Waals surface area contributed by atoms with E-state index < -0.39 is 6.10 Å². The van der Waals surface area contributed by atoms with Crippen molar-refractivity contribution < 1.29 is 9.53 Å². The van der Waals surface area contributed by atoms with Gasteiger partial charge < -0.3 is 4.74 Å². The van der Waals surface area contributed by atoms with Crippen LogP contribution in [0.25, 0.3) is 0 Å². The summed E-state index contributed by atoms with van der Waals surface area (Å²) in [5, 5.41) is 4.13.